The van der Waals surface area contributed by atoms with Gasteiger partial charge in [0.05, 0.1) is 5.41 Å². The van der Waals surface area contributed by atoms with Crippen molar-refractivity contribution >= 4 is 11.9 Å². The Labute approximate surface area is 148 Å². The Balaban J connectivity index is 2.08. The highest BCUT2D eigenvalue weighted by Crippen LogP contribution is 2.68. The van der Waals surface area contributed by atoms with Gasteiger partial charge in [0, 0.05) is 23.5 Å². The van der Waals surface area contributed by atoms with Crippen molar-refractivity contribution in [1.82, 2.24) is 0 Å². The smallest absolute Gasteiger partial charge is 0.322 e. The van der Waals surface area contributed by atoms with Gasteiger partial charge in [0.2, 0.25) is 0 Å². The zero-order valence-corrected chi connectivity index (χ0v) is 15.9. The largest absolute Gasteiger partial charge is 0.457 e. The average molecular weight is 342 g/mol. The minimum absolute atomic E-state index is 0.0253. The van der Waals surface area contributed by atoms with Gasteiger partial charge in [-0.05, 0) is 55.7 Å². The SMILES string of the molecule is CC(=O)O[C@H]1c2c(C)c(C)cc3c2[C@@]2(CC(C)(C)C[C@@]1(C)C2)C(=O)O3. The summed E-state index contributed by atoms with van der Waals surface area (Å²) < 4.78 is 11.6. The number of carbonyl (C=O) groups excluding carboxylic acids is 2. The lowest BCUT2D eigenvalue weighted by Gasteiger charge is -2.56. The van der Waals surface area contributed by atoms with Gasteiger partial charge in [0.15, 0.2) is 0 Å². The molecule has 134 valence electrons. The highest BCUT2D eigenvalue weighted by molar-refractivity contribution is 5.93. The fraction of sp³-hybridized carbons (Fsp3) is 0.619. The molecule has 1 spiro atoms. The van der Waals surface area contributed by atoms with Crippen molar-refractivity contribution < 1.29 is 19.1 Å². The maximum Gasteiger partial charge on any atom is 0.322 e. The minimum Gasteiger partial charge on any atom is -0.457 e. The molecule has 3 atom stereocenters. The lowest BCUT2D eigenvalue weighted by Crippen LogP contribution is -2.54. The van der Waals surface area contributed by atoms with Crippen LogP contribution in [0.4, 0.5) is 0 Å². The van der Waals surface area contributed by atoms with Crippen LogP contribution in [0.1, 0.15) is 75.3 Å². The number of carbonyl (C=O) groups is 2. The highest BCUT2D eigenvalue weighted by atomic mass is 16.6. The third-order valence-electron chi connectivity index (χ3n) is 6.48. The third kappa shape index (κ3) is 2.06. The van der Waals surface area contributed by atoms with Gasteiger partial charge in [0.1, 0.15) is 11.9 Å². The summed E-state index contributed by atoms with van der Waals surface area (Å²) >= 11 is 0. The van der Waals surface area contributed by atoms with Crippen LogP contribution in [0, 0.1) is 24.7 Å². The summed E-state index contributed by atoms with van der Waals surface area (Å²) in [6.45, 7) is 12.1. The molecule has 0 aromatic heterocycles. The number of benzene rings is 1. The van der Waals surface area contributed by atoms with Gasteiger partial charge < -0.3 is 9.47 Å². The topological polar surface area (TPSA) is 52.6 Å². The van der Waals surface area contributed by atoms with E-state index in [1.807, 2.05) is 13.0 Å². The normalized spacial score (nSPS) is 34.3. The first-order valence-electron chi connectivity index (χ1n) is 9.03. The molecule has 0 amide bonds. The molecule has 3 aliphatic rings. The van der Waals surface area contributed by atoms with Crippen LogP contribution in [0.25, 0.3) is 0 Å². The predicted octanol–water partition coefficient (Wildman–Crippen LogP) is 4.29. The van der Waals surface area contributed by atoms with Crippen LogP contribution in [-0.4, -0.2) is 11.9 Å². The Bertz CT molecular complexity index is 822. The molecule has 1 heterocycles. The van der Waals surface area contributed by atoms with Crippen molar-refractivity contribution in [2.75, 3.05) is 0 Å². The van der Waals surface area contributed by atoms with Gasteiger partial charge in [-0.25, -0.2) is 0 Å². The van der Waals surface area contributed by atoms with Gasteiger partial charge >= 0.3 is 11.9 Å². The maximum atomic E-state index is 13.0. The molecule has 1 fully saturated rings. The van der Waals surface area contributed by atoms with Gasteiger partial charge in [-0.3, -0.25) is 9.59 Å². The van der Waals surface area contributed by atoms with Crippen molar-refractivity contribution in [3.05, 3.63) is 28.3 Å². The van der Waals surface area contributed by atoms with Crippen molar-refractivity contribution in [3.63, 3.8) is 0 Å². The van der Waals surface area contributed by atoms with E-state index in [0.29, 0.717) is 12.2 Å². The highest BCUT2D eigenvalue weighted by Gasteiger charge is 2.66. The van der Waals surface area contributed by atoms with E-state index >= 15 is 0 Å². The maximum absolute atomic E-state index is 13.0. The monoisotopic (exact) mass is 342 g/mol. The number of hydrogen-bond acceptors (Lipinski definition) is 4. The summed E-state index contributed by atoms with van der Waals surface area (Å²) in [5, 5.41) is 0. The first-order valence-corrected chi connectivity index (χ1v) is 9.03. The van der Waals surface area contributed by atoms with Crippen LogP contribution in [0.2, 0.25) is 0 Å². The van der Waals surface area contributed by atoms with Crippen LogP contribution in [-0.2, 0) is 19.7 Å². The van der Waals surface area contributed by atoms with E-state index < -0.39 is 5.41 Å². The minimum atomic E-state index is -0.601. The average Bonchev–Trinajstić information content (AvgIpc) is 2.67. The van der Waals surface area contributed by atoms with E-state index in [-0.39, 0.29) is 28.9 Å². The molecule has 4 heteroatoms. The van der Waals surface area contributed by atoms with Gasteiger partial charge in [-0.1, -0.05) is 20.8 Å². The van der Waals surface area contributed by atoms with E-state index in [1.54, 1.807) is 0 Å². The van der Waals surface area contributed by atoms with Crippen LogP contribution >= 0.6 is 0 Å². The number of aryl methyl sites for hydroxylation is 1. The van der Waals surface area contributed by atoms with Crippen LogP contribution < -0.4 is 4.74 Å². The number of rotatable bonds is 1. The fourth-order valence-corrected chi connectivity index (χ4v) is 6.12. The Morgan fingerprint density at radius 2 is 1.88 bits per heavy atom. The zero-order valence-electron chi connectivity index (χ0n) is 15.9. The molecule has 2 aliphatic carbocycles. The standard InChI is InChI=1S/C21H26O4/c1-11-7-14-16-15(12(11)2)17(24-13(3)22)20(6)8-19(4,5)9-21(16,10-20)18(23)25-14/h7,17H,8-10H2,1-6H3/t17-,20-,21-/m0/s1. The van der Waals surface area contributed by atoms with Gasteiger partial charge in [-0.2, -0.15) is 0 Å². The Morgan fingerprint density at radius 1 is 1.20 bits per heavy atom. The molecule has 1 saturated carbocycles. The molecule has 0 saturated heterocycles. The molecule has 4 rings (SSSR count). The third-order valence-corrected chi connectivity index (χ3v) is 6.48. The van der Waals surface area contributed by atoms with E-state index in [0.717, 1.165) is 35.1 Å². The van der Waals surface area contributed by atoms with Gasteiger partial charge in [-0.15, -0.1) is 0 Å². The van der Waals surface area contributed by atoms with E-state index in [4.69, 9.17) is 9.47 Å². The summed E-state index contributed by atoms with van der Waals surface area (Å²) in [6, 6.07) is 1.97. The molecule has 0 unspecified atom stereocenters. The molecule has 2 bridgehead atoms. The van der Waals surface area contributed by atoms with Crippen molar-refractivity contribution in [3.8, 4) is 5.75 Å². The number of esters is 2. The van der Waals surface area contributed by atoms with E-state index in [2.05, 4.69) is 27.7 Å². The molecule has 0 radical (unpaired) electrons. The van der Waals surface area contributed by atoms with Crippen molar-refractivity contribution in [1.29, 1.82) is 0 Å². The molecular weight excluding hydrogens is 316 g/mol. The number of hydrogen-bond donors (Lipinski definition) is 0. The first-order chi connectivity index (χ1) is 11.5. The number of ether oxygens (including phenoxy) is 2. The lowest BCUT2D eigenvalue weighted by molar-refractivity contribution is -0.166. The second-order valence-electron chi connectivity index (χ2n) is 9.41. The lowest BCUT2D eigenvalue weighted by atomic mass is 9.47. The van der Waals surface area contributed by atoms with E-state index in [1.165, 1.54) is 6.92 Å². The summed E-state index contributed by atoms with van der Waals surface area (Å²) in [5.41, 5.74) is 3.27. The molecular formula is C21H26O4. The van der Waals surface area contributed by atoms with Crippen LogP contribution in [0.5, 0.6) is 5.75 Å². The van der Waals surface area contributed by atoms with Crippen molar-refractivity contribution in [2.45, 2.75) is 72.3 Å². The summed E-state index contributed by atoms with van der Waals surface area (Å²) in [7, 11) is 0. The van der Waals surface area contributed by atoms with Crippen LogP contribution in [0.15, 0.2) is 6.07 Å². The molecule has 4 nitrogen and oxygen atoms in total. The molecule has 0 N–H and O–H groups in total. The Kier molecular flexibility index (Phi) is 3.10. The molecule has 1 aliphatic heterocycles. The summed E-state index contributed by atoms with van der Waals surface area (Å²) in [5.74, 6) is 0.260. The second kappa shape index (κ2) is 4.66. The summed E-state index contributed by atoms with van der Waals surface area (Å²) in [6.07, 6.45) is 2.04. The predicted molar refractivity (Wildman–Crippen MR) is 93.5 cm³/mol. The molecule has 1 aromatic rings. The quantitative estimate of drug-likeness (QED) is 0.564. The number of fused-ring (bicyclic) bond motifs is 1. The summed E-state index contributed by atoms with van der Waals surface area (Å²) in [4.78, 5) is 24.9. The van der Waals surface area contributed by atoms with E-state index in [9.17, 15) is 9.59 Å². The first kappa shape index (κ1) is 16.6. The fourth-order valence-electron chi connectivity index (χ4n) is 6.12. The Hall–Kier alpha value is -1.84. The van der Waals surface area contributed by atoms with Gasteiger partial charge in [0.25, 0.3) is 0 Å². The Morgan fingerprint density at radius 3 is 2.52 bits per heavy atom. The van der Waals surface area contributed by atoms with Crippen molar-refractivity contribution in [2.24, 2.45) is 10.8 Å². The zero-order chi connectivity index (χ0) is 18.4. The molecule has 25 heavy (non-hydrogen) atoms. The second-order valence-corrected chi connectivity index (χ2v) is 9.41. The molecule has 1 aromatic carbocycles. The van der Waals surface area contributed by atoms with Crippen LogP contribution in [0.3, 0.4) is 0 Å².